The summed E-state index contributed by atoms with van der Waals surface area (Å²) in [4.78, 5) is 43.0. The maximum absolute atomic E-state index is 13.9. The van der Waals surface area contributed by atoms with Gasteiger partial charge in [-0.3, -0.25) is 14.5 Å². The van der Waals surface area contributed by atoms with Crippen LogP contribution in [-0.2, 0) is 24.5 Å². The van der Waals surface area contributed by atoms with Gasteiger partial charge >= 0.3 is 5.97 Å². The number of carbonyl (C=O) groups is 3. The summed E-state index contributed by atoms with van der Waals surface area (Å²) in [5.41, 5.74) is 9.78. The van der Waals surface area contributed by atoms with Gasteiger partial charge in [0.2, 0.25) is 5.91 Å². The second-order valence-corrected chi connectivity index (χ2v) is 10.0. The molecule has 5 rings (SSSR count). The molecule has 3 N–H and O–H groups in total. The lowest BCUT2D eigenvalue weighted by Gasteiger charge is -2.44. The molecule has 2 heterocycles. The standard InChI is InChI=1S/C27H26BrN3O4/c1-4-35-25(33)23-24(29)31(19-11-9-16(28)13-15(19)3)20-6-5-7-21(32)22(20)27(23)17-12-14(2)8-10-18(17)30-26(27)34/h8-13H,4-7,29H2,1-3H3,(H,30,34). The van der Waals surface area contributed by atoms with Crippen molar-refractivity contribution in [3.05, 3.63) is 80.2 Å². The van der Waals surface area contributed by atoms with Gasteiger partial charge in [-0.05, 0) is 63.4 Å². The summed E-state index contributed by atoms with van der Waals surface area (Å²) in [5, 5.41) is 2.91. The van der Waals surface area contributed by atoms with Gasteiger partial charge < -0.3 is 15.8 Å². The minimum absolute atomic E-state index is 0.0162. The van der Waals surface area contributed by atoms with Crippen molar-refractivity contribution in [3.8, 4) is 0 Å². The maximum Gasteiger partial charge on any atom is 0.339 e. The molecule has 2 aromatic rings. The van der Waals surface area contributed by atoms with Crippen LogP contribution in [0.25, 0.3) is 0 Å². The molecule has 3 aliphatic rings. The minimum atomic E-state index is -1.66. The maximum atomic E-state index is 13.9. The van der Waals surface area contributed by atoms with Crippen molar-refractivity contribution in [1.82, 2.24) is 0 Å². The number of hydrogen-bond donors (Lipinski definition) is 2. The van der Waals surface area contributed by atoms with Gasteiger partial charge in [-0.1, -0.05) is 33.6 Å². The van der Waals surface area contributed by atoms with Crippen LogP contribution in [0.15, 0.2) is 63.5 Å². The summed E-state index contributed by atoms with van der Waals surface area (Å²) in [5.74, 6) is -1.23. The number of ether oxygens (including phenoxy) is 1. The normalized spacial score (nSPS) is 21.3. The number of benzene rings is 2. The van der Waals surface area contributed by atoms with Gasteiger partial charge in [0.1, 0.15) is 16.8 Å². The Labute approximate surface area is 212 Å². The first-order chi connectivity index (χ1) is 16.7. The fourth-order valence-corrected chi connectivity index (χ4v) is 6.04. The fourth-order valence-electron chi connectivity index (χ4n) is 5.57. The largest absolute Gasteiger partial charge is 0.462 e. The molecule has 1 aliphatic carbocycles. The highest BCUT2D eigenvalue weighted by Gasteiger charge is 2.62. The van der Waals surface area contributed by atoms with Crippen LogP contribution in [0.4, 0.5) is 11.4 Å². The van der Waals surface area contributed by atoms with Crippen LogP contribution in [0.1, 0.15) is 42.9 Å². The zero-order valence-electron chi connectivity index (χ0n) is 19.8. The van der Waals surface area contributed by atoms with E-state index in [2.05, 4.69) is 21.2 Å². The number of carbonyl (C=O) groups excluding carboxylic acids is 3. The second-order valence-electron chi connectivity index (χ2n) is 9.10. The molecule has 2 aliphatic heterocycles. The fraction of sp³-hybridized carbons (Fsp3) is 0.296. The van der Waals surface area contributed by atoms with E-state index in [0.717, 1.165) is 21.3 Å². The van der Waals surface area contributed by atoms with E-state index in [1.807, 2.05) is 44.2 Å². The molecule has 0 saturated carbocycles. The van der Waals surface area contributed by atoms with Crippen molar-refractivity contribution in [1.29, 1.82) is 0 Å². The molecule has 1 spiro atoms. The minimum Gasteiger partial charge on any atom is -0.462 e. The number of ketones is 1. The molecule has 1 amide bonds. The van der Waals surface area contributed by atoms with Crippen LogP contribution in [0.5, 0.6) is 0 Å². The van der Waals surface area contributed by atoms with E-state index in [-0.39, 0.29) is 30.2 Å². The van der Waals surface area contributed by atoms with E-state index in [4.69, 9.17) is 10.5 Å². The SMILES string of the molecule is CCOC(=O)C1=C(N)N(c2ccc(Br)cc2C)C2=C(C(=O)CCC2)C12C(=O)Nc1ccc(C)cc12. The van der Waals surface area contributed by atoms with Gasteiger partial charge in [0.15, 0.2) is 5.78 Å². The molecule has 35 heavy (non-hydrogen) atoms. The van der Waals surface area contributed by atoms with E-state index < -0.39 is 17.3 Å². The number of hydrogen-bond acceptors (Lipinski definition) is 6. The third-order valence-electron chi connectivity index (χ3n) is 6.95. The average molecular weight is 536 g/mol. The monoisotopic (exact) mass is 535 g/mol. The van der Waals surface area contributed by atoms with E-state index in [9.17, 15) is 14.4 Å². The molecule has 0 bridgehead atoms. The number of nitrogens with one attached hydrogen (secondary N) is 1. The molecule has 0 saturated heterocycles. The Morgan fingerprint density at radius 2 is 1.94 bits per heavy atom. The van der Waals surface area contributed by atoms with Crippen molar-refractivity contribution in [3.63, 3.8) is 0 Å². The summed E-state index contributed by atoms with van der Waals surface area (Å²) in [6.45, 7) is 5.65. The van der Waals surface area contributed by atoms with Crippen LogP contribution in [0, 0.1) is 13.8 Å². The number of nitrogens with two attached hydrogens (primary N) is 1. The highest BCUT2D eigenvalue weighted by molar-refractivity contribution is 9.10. The highest BCUT2D eigenvalue weighted by Crippen LogP contribution is 2.56. The Morgan fingerprint density at radius 1 is 1.17 bits per heavy atom. The topological polar surface area (TPSA) is 102 Å². The summed E-state index contributed by atoms with van der Waals surface area (Å²) in [7, 11) is 0. The Balaban J connectivity index is 1.92. The van der Waals surface area contributed by atoms with Crippen LogP contribution in [0.2, 0.25) is 0 Å². The number of allylic oxidation sites excluding steroid dienone is 1. The number of Topliss-reactive ketones (excluding diaryl/α,β-unsaturated/α-hetero) is 1. The molecule has 0 aromatic heterocycles. The first kappa shape index (κ1) is 23.4. The summed E-state index contributed by atoms with van der Waals surface area (Å²) >= 11 is 3.50. The average Bonchev–Trinajstić information content (AvgIpc) is 3.07. The molecule has 1 atom stereocenters. The third-order valence-corrected chi connectivity index (χ3v) is 7.44. The van der Waals surface area contributed by atoms with Gasteiger partial charge in [-0.15, -0.1) is 0 Å². The molecule has 7 nitrogen and oxygen atoms in total. The third kappa shape index (κ3) is 3.26. The number of fused-ring (bicyclic) bond motifs is 3. The van der Waals surface area contributed by atoms with Crippen molar-refractivity contribution in [2.45, 2.75) is 45.4 Å². The van der Waals surface area contributed by atoms with E-state index in [0.29, 0.717) is 35.4 Å². The van der Waals surface area contributed by atoms with Gasteiger partial charge in [0, 0.05) is 33.4 Å². The molecule has 0 fully saturated rings. The number of halogens is 1. The molecular weight excluding hydrogens is 510 g/mol. The predicted molar refractivity (Wildman–Crippen MR) is 137 cm³/mol. The smallest absolute Gasteiger partial charge is 0.339 e. The number of aryl methyl sites for hydroxylation is 2. The quantitative estimate of drug-likeness (QED) is 0.560. The van der Waals surface area contributed by atoms with Crippen LogP contribution < -0.4 is 16.0 Å². The number of nitrogens with zero attached hydrogens (tertiary/aromatic N) is 1. The highest BCUT2D eigenvalue weighted by atomic mass is 79.9. The van der Waals surface area contributed by atoms with Crippen molar-refractivity contribution < 1.29 is 19.1 Å². The Bertz CT molecular complexity index is 1380. The number of anilines is 2. The summed E-state index contributed by atoms with van der Waals surface area (Å²) in [6.07, 6.45) is 1.46. The predicted octanol–water partition coefficient (Wildman–Crippen LogP) is 4.52. The molecular formula is C27H26BrN3O4. The van der Waals surface area contributed by atoms with Crippen LogP contribution >= 0.6 is 15.9 Å². The second kappa shape index (κ2) is 8.37. The van der Waals surface area contributed by atoms with Gasteiger partial charge in [-0.2, -0.15) is 0 Å². The Kier molecular flexibility index (Phi) is 5.59. The first-order valence-electron chi connectivity index (χ1n) is 11.6. The van der Waals surface area contributed by atoms with Gasteiger partial charge in [-0.25, -0.2) is 4.79 Å². The molecule has 2 aromatic carbocycles. The Hall–Kier alpha value is -3.39. The van der Waals surface area contributed by atoms with Crippen molar-refractivity contribution >= 4 is 45.0 Å². The molecule has 8 heteroatoms. The number of rotatable bonds is 3. The summed E-state index contributed by atoms with van der Waals surface area (Å²) < 4.78 is 6.35. The number of esters is 1. The van der Waals surface area contributed by atoms with Crippen molar-refractivity contribution in [2.24, 2.45) is 5.73 Å². The molecule has 0 radical (unpaired) electrons. The first-order valence-corrected chi connectivity index (χ1v) is 12.4. The van der Waals surface area contributed by atoms with Gasteiger partial charge in [0.05, 0.1) is 12.3 Å². The van der Waals surface area contributed by atoms with E-state index in [1.54, 1.807) is 17.9 Å². The lowest BCUT2D eigenvalue weighted by atomic mass is 9.63. The lowest BCUT2D eigenvalue weighted by Crippen LogP contribution is -2.53. The zero-order valence-corrected chi connectivity index (χ0v) is 21.4. The number of amides is 1. The van der Waals surface area contributed by atoms with Crippen LogP contribution in [0.3, 0.4) is 0 Å². The molecule has 1 unspecified atom stereocenters. The molecule has 180 valence electrons. The zero-order chi connectivity index (χ0) is 25.1. The lowest BCUT2D eigenvalue weighted by molar-refractivity contribution is -0.140. The summed E-state index contributed by atoms with van der Waals surface area (Å²) in [6, 6.07) is 11.3. The van der Waals surface area contributed by atoms with Crippen LogP contribution in [-0.4, -0.2) is 24.3 Å². The Morgan fingerprint density at radius 3 is 2.66 bits per heavy atom. The van der Waals surface area contributed by atoms with E-state index >= 15 is 0 Å². The van der Waals surface area contributed by atoms with E-state index in [1.165, 1.54) is 0 Å². The van der Waals surface area contributed by atoms with Gasteiger partial charge in [0.25, 0.3) is 0 Å². The van der Waals surface area contributed by atoms with Crippen molar-refractivity contribution in [2.75, 3.05) is 16.8 Å².